The highest BCUT2D eigenvalue weighted by Gasteiger charge is 2.19. The predicted octanol–water partition coefficient (Wildman–Crippen LogP) is 3.08. The number of carbonyl (C=O) groups excluding carboxylic acids is 1. The number of halogens is 1. The van der Waals surface area contributed by atoms with Crippen molar-refractivity contribution in [1.29, 1.82) is 0 Å². The van der Waals surface area contributed by atoms with E-state index in [-0.39, 0.29) is 23.9 Å². The molecule has 1 amide bonds. The quantitative estimate of drug-likeness (QED) is 0.683. The normalized spacial score (nSPS) is 10.6. The molecule has 1 aromatic heterocycles. The van der Waals surface area contributed by atoms with Crippen LogP contribution >= 0.6 is 0 Å². The number of rotatable bonds is 6. The summed E-state index contributed by atoms with van der Waals surface area (Å²) >= 11 is 0. The number of para-hydroxylation sites is 1. The van der Waals surface area contributed by atoms with Crippen LogP contribution in [0, 0.1) is 5.82 Å². The van der Waals surface area contributed by atoms with Crippen molar-refractivity contribution in [2.75, 3.05) is 13.7 Å². The van der Waals surface area contributed by atoms with Gasteiger partial charge >= 0.3 is 0 Å². The lowest BCUT2D eigenvalue weighted by atomic mass is 10.2. The zero-order chi connectivity index (χ0) is 18.5. The Labute approximate surface area is 150 Å². The Morgan fingerprint density at radius 1 is 1.23 bits per heavy atom. The first-order valence-corrected chi connectivity index (χ1v) is 8.22. The number of amides is 1. The van der Waals surface area contributed by atoms with Crippen LogP contribution in [0.5, 0.6) is 5.75 Å². The number of methoxy groups -OCH3 is 1. The van der Waals surface area contributed by atoms with Crippen LogP contribution in [0.25, 0.3) is 5.69 Å². The zero-order valence-electron chi connectivity index (χ0n) is 14.6. The third-order valence-corrected chi connectivity index (χ3v) is 3.99. The van der Waals surface area contributed by atoms with Crippen LogP contribution in [0.2, 0.25) is 0 Å². The van der Waals surface area contributed by atoms with E-state index >= 15 is 0 Å². The first-order valence-electron chi connectivity index (χ1n) is 8.22. The van der Waals surface area contributed by atoms with Gasteiger partial charge in [-0.05, 0) is 36.8 Å². The van der Waals surface area contributed by atoms with Crippen molar-refractivity contribution >= 4 is 5.91 Å². The Morgan fingerprint density at radius 3 is 2.65 bits per heavy atom. The molecule has 2 aromatic carbocycles. The van der Waals surface area contributed by atoms with Crippen molar-refractivity contribution in [1.82, 2.24) is 19.9 Å². The van der Waals surface area contributed by atoms with Crippen LogP contribution in [0.3, 0.4) is 0 Å². The van der Waals surface area contributed by atoms with Crippen LogP contribution in [0.4, 0.5) is 4.39 Å². The molecule has 0 aliphatic carbocycles. The molecule has 0 saturated heterocycles. The van der Waals surface area contributed by atoms with Crippen LogP contribution < -0.4 is 4.74 Å². The van der Waals surface area contributed by atoms with Crippen LogP contribution in [-0.4, -0.2) is 39.5 Å². The van der Waals surface area contributed by atoms with Crippen molar-refractivity contribution in [2.24, 2.45) is 0 Å². The van der Waals surface area contributed by atoms with Gasteiger partial charge < -0.3 is 9.64 Å². The van der Waals surface area contributed by atoms with E-state index < -0.39 is 5.82 Å². The fourth-order valence-electron chi connectivity index (χ4n) is 2.59. The van der Waals surface area contributed by atoms with E-state index in [0.717, 1.165) is 5.69 Å². The number of benzene rings is 2. The second-order valence-electron chi connectivity index (χ2n) is 5.67. The number of ether oxygens (including phenoxy) is 1. The summed E-state index contributed by atoms with van der Waals surface area (Å²) in [6.45, 7) is 2.60. The maximum atomic E-state index is 13.9. The van der Waals surface area contributed by atoms with Gasteiger partial charge in [-0.25, -0.2) is 9.07 Å². The summed E-state index contributed by atoms with van der Waals surface area (Å²) in [5.41, 5.74) is 1.73. The molecule has 0 unspecified atom stereocenters. The minimum absolute atomic E-state index is 0.175. The molecule has 0 N–H and O–H groups in total. The van der Waals surface area contributed by atoms with Crippen LogP contribution in [-0.2, 0) is 6.54 Å². The van der Waals surface area contributed by atoms with Crippen molar-refractivity contribution in [3.05, 3.63) is 71.8 Å². The average Bonchev–Trinajstić information content (AvgIpc) is 3.16. The number of nitrogens with zero attached hydrogens (tertiary/aromatic N) is 4. The molecule has 26 heavy (non-hydrogen) atoms. The highest BCUT2D eigenvalue weighted by molar-refractivity contribution is 5.92. The van der Waals surface area contributed by atoms with Gasteiger partial charge in [0.2, 0.25) is 0 Å². The van der Waals surface area contributed by atoms with Gasteiger partial charge in [-0.15, -0.1) is 5.10 Å². The molecule has 7 heteroatoms. The second kappa shape index (κ2) is 7.77. The Bertz CT molecular complexity index is 896. The molecule has 3 rings (SSSR count). The maximum absolute atomic E-state index is 13.9. The SMILES string of the molecule is CCN(Cc1ccc(OC)c(F)c1)C(=O)c1cn(-c2ccccc2)nn1. The number of hydrogen-bond donors (Lipinski definition) is 0. The molecular formula is C19H19FN4O2. The summed E-state index contributed by atoms with van der Waals surface area (Å²) in [5.74, 6) is -0.539. The summed E-state index contributed by atoms with van der Waals surface area (Å²) in [5, 5.41) is 7.99. The lowest BCUT2D eigenvalue weighted by molar-refractivity contribution is 0.0746. The number of carbonyl (C=O) groups is 1. The molecule has 0 aliphatic rings. The van der Waals surface area contributed by atoms with E-state index in [4.69, 9.17) is 4.74 Å². The molecule has 3 aromatic rings. The summed E-state index contributed by atoms with van der Waals surface area (Å²) in [6.07, 6.45) is 1.59. The highest BCUT2D eigenvalue weighted by atomic mass is 19.1. The maximum Gasteiger partial charge on any atom is 0.276 e. The number of hydrogen-bond acceptors (Lipinski definition) is 4. The molecule has 6 nitrogen and oxygen atoms in total. The van der Waals surface area contributed by atoms with Gasteiger partial charge in [-0.1, -0.05) is 29.5 Å². The van der Waals surface area contributed by atoms with Gasteiger partial charge in [0.1, 0.15) is 0 Å². The van der Waals surface area contributed by atoms with Crippen LogP contribution in [0.15, 0.2) is 54.7 Å². The summed E-state index contributed by atoms with van der Waals surface area (Å²) in [4.78, 5) is 14.3. The van der Waals surface area contributed by atoms with Crippen molar-refractivity contribution in [3.63, 3.8) is 0 Å². The van der Waals surface area contributed by atoms with Gasteiger partial charge in [0.15, 0.2) is 17.3 Å². The van der Waals surface area contributed by atoms with Crippen LogP contribution in [0.1, 0.15) is 23.0 Å². The second-order valence-corrected chi connectivity index (χ2v) is 5.67. The van der Waals surface area contributed by atoms with E-state index in [1.54, 1.807) is 27.9 Å². The Morgan fingerprint density at radius 2 is 2.00 bits per heavy atom. The summed E-state index contributed by atoms with van der Waals surface area (Å²) in [6, 6.07) is 14.1. The largest absolute Gasteiger partial charge is 0.494 e. The standard InChI is InChI=1S/C19H19FN4O2/c1-3-23(12-14-9-10-18(26-2)16(20)11-14)19(25)17-13-24(22-21-17)15-7-5-4-6-8-15/h4-11,13H,3,12H2,1-2H3. The van der Waals surface area contributed by atoms with E-state index in [0.29, 0.717) is 12.1 Å². The van der Waals surface area contributed by atoms with E-state index in [2.05, 4.69) is 10.3 Å². The Kier molecular flexibility index (Phi) is 5.26. The minimum Gasteiger partial charge on any atom is -0.494 e. The lowest BCUT2D eigenvalue weighted by Crippen LogP contribution is -2.30. The predicted molar refractivity (Wildman–Crippen MR) is 94.7 cm³/mol. The molecular weight excluding hydrogens is 335 g/mol. The zero-order valence-corrected chi connectivity index (χ0v) is 14.6. The minimum atomic E-state index is -0.455. The lowest BCUT2D eigenvalue weighted by Gasteiger charge is -2.20. The Balaban J connectivity index is 1.77. The fraction of sp³-hybridized carbons (Fsp3) is 0.211. The molecule has 0 saturated carbocycles. The molecule has 0 aliphatic heterocycles. The third-order valence-electron chi connectivity index (χ3n) is 3.99. The first kappa shape index (κ1) is 17.6. The van der Waals surface area contributed by atoms with Gasteiger partial charge in [-0.3, -0.25) is 4.79 Å². The Hall–Kier alpha value is -3.22. The van der Waals surface area contributed by atoms with E-state index in [1.165, 1.54) is 13.2 Å². The monoisotopic (exact) mass is 354 g/mol. The summed E-state index contributed by atoms with van der Waals surface area (Å²) < 4.78 is 20.3. The molecule has 0 atom stereocenters. The van der Waals surface area contributed by atoms with E-state index in [9.17, 15) is 9.18 Å². The van der Waals surface area contributed by atoms with Crippen molar-refractivity contribution in [2.45, 2.75) is 13.5 Å². The number of aromatic nitrogens is 3. The molecule has 1 heterocycles. The highest BCUT2D eigenvalue weighted by Crippen LogP contribution is 2.19. The topological polar surface area (TPSA) is 60.2 Å². The smallest absolute Gasteiger partial charge is 0.276 e. The molecule has 0 spiro atoms. The van der Waals surface area contributed by atoms with Gasteiger partial charge in [0, 0.05) is 13.1 Å². The van der Waals surface area contributed by atoms with Gasteiger partial charge in [-0.2, -0.15) is 0 Å². The van der Waals surface area contributed by atoms with Gasteiger partial charge in [0.05, 0.1) is 19.0 Å². The van der Waals surface area contributed by atoms with Crippen molar-refractivity contribution < 1.29 is 13.9 Å². The summed E-state index contributed by atoms with van der Waals surface area (Å²) in [7, 11) is 1.41. The molecule has 0 bridgehead atoms. The molecule has 0 fully saturated rings. The molecule has 0 radical (unpaired) electrons. The average molecular weight is 354 g/mol. The molecule has 134 valence electrons. The first-order chi connectivity index (χ1) is 12.6. The van der Waals surface area contributed by atoms with Gasteiger partial charge in [0.25, 0.3) is 5.91 Å². The van der Waals surface area contributed by atoms with E-state index in [1.807, 2.05) is 37.3 Å². The van der Waals surface area contributed by atoms with Crippen molar-refractivity contribution in [3.8, 4) is 11.4 Å². The third kappa shape index (κ3) is 3.72. The fourth-order valence-corrected chi connectivity index (χ4v) is 2.59.